The number of hydrogen-bond acceptors (Lipinski definition) is 4. The largest absolute Gasteiger partial charge is 0.354 e. The summed E-state index contributed by atoms with van der Waals surface area (Å²) in [5, 5.41) is 9.86. The minimum absolute atomic E-state index is 0.0772. The molecule has 0 saturated carbocycles. The molecule has 0 aliphatic rings. The molecule has 5 nitrogen and oxygen atoms in total. The van der Waals surface area contributed by atoms with Gasteiger partial charge in [0.2, 0.25) is 6.54 Å². The predicted molar refractivity (Wildman–Crippen MR) is 38.9 cm³/mol. The lowest BCUT2D eigenvalue weighted by atomic mass is 10.4. The molecule has 0 rings (SSSR count). The number of nitro groups is 1. The average Bonchev–Trinajstić information content (AvgIpc) is 1.87. The summed E-state index contributed by atoms with van der Waals surface area (Å²) in [5.74, 6) is -0.726. The molecule has 0 heterocycles. The molecule has 0 atom stereocenters. The summed E-state index contributed by atoms with van der Waals surface area (Å²) in [7, 11) is 1.49. The van der Waals surface area contributed by atoms with Crippen molar-refractivity contribution in [3.05, 3.63) is 10.1 Å². The Hall–Kier alpha value is -0.680. The van der Waals surface area contributed by atoms with Crippen LogP contribution < -0.4 is 0 Å². The second-order valence-electron chi connectivity index (χ2n) is 2.51. The van der Waals surface area contributed by atoms with Crippen molar-refractivity contribution in [3.8, 4) is 0 Å². The Bertz CT molecular complexity index is 135. The molecule has 0 N–H and O–H groups in total. The smallest absolute Gasteiger partial charge is 0.227 e. The molecule has 0 bridgehead atoms. The molecule has 66 valence electrons. The molecule has 0 aliphatic heterocycles. The van der Waals surface area contributed by atoms with Crippen LogP contribution in [0, 0.1) is 10.1 Å². The quantitative estimate of drug-likeness (QED) is 0.339. The van der Waals surface area contributed by atoms with Crippen molar-refractivity contribution in [1.29, 1.82) is 0 Å². The molecule has 0 aromatic carbocycles. The first kappa shape index (κ1) is 10.3. The van der Waals surface area contributed by atoms with E-state index in [1.54, 1.807) is 13.8 Å². The van der Waals surface area contributed by atoms with Crippen molar-refractivity contribution in [2.24, 2.45) is 0 Å². The maximum Gasteiger partial charge on any atom is 0.227 e. The predicted octanol–water partition coefficient (Wildman–Crippen LogP) is 0.662. The van der Waals surface area contributed by atoms with Crippen LogP contribution in [0.2, 0.25) is 0 Å². The van der Waals surface area contributed by atoms with Crippen molar-refractivity contribution in [2.45, 2.75) is 19.6 Å². The molecule has 0 unspecified atom stereocenters. The second kappa shape index (κ2) is 4.25. The first-order chi connectivity index (χ1) is 4.98. The van der Waals surface area contributed by atoms with Gasteiger partial charge in [-0.15, -0.1) is 0 Å². The van der Waals surface area contributed by atoms with Crippen LogP contribution in [-0.2, 0) is 9.47 Å². The highest BCUT2D eigenvalue weighted by molar-refractivity contribution is 4.50. The van der Waals surface area contributed by atoms with E-state index in [0.717, 1.165) is 0 Å². The molecule has 0 spiro atoms. The van der Waals surface area contributed by atoms with E-state index in [1.807, 2.05) is 0 Å². The number of rotatable bonds is 5. The van der Waals surface area contributed by atoms with Gasteiger partial charge in [0.1, 0.15) is 6.61 Å². The van der Waals surface area contributed by atoms with Crippen LogP contribution >= 0.6 is 0 Å². The van der Waals surface area contributed by atoms with E-state index < -0.39 is 10.7 Å². The molecule has 5 heteroatoms. The molecule has 0 amide bonds. The third-order valence-corrected chi connectivity index (χ3v) is 1.22. The second-order valence-corrected chi connectivity index (χ2v) is 2.51. The normalized spacial score (nSPS) is 11.5. The maximum absolute atomic E-state index is 9.86. The third kappa shape index (κ3) is 5.75. The van der Waals surface area contributed by atoms with E-state index in [2.05, 4.69) is 0 Å². The Labute approximate surface area is 65.4 Å². The highest BCUT2D eigenvalue weighted by atomic mass is 16.7. The minimum Gasteiger partial charge on any atom is -0.354 e. The zero-order chi connectivity index (χ0) is 8.91. The maximum atomic E-state index is 9.86. The van der Waals surface area contributed by atoms with Crippen molar-refractivity contribution in [1.82, 2.24) is 0 Å². The molecule has 0 aromatic rings. The van der Waals surface area contributed by atoms with E-state index in [9.17, 15) is 10.1 Å². The first-order valence-corrected chi connectivity index (χ1v) is 3.29. The van der Waals surface area contributed by atoms with E-state index in [1.165, 1.54) is 7.11 Å². The van der Waals surface area contributed by atoms with Crippen LogP contribution in [0.4, 0.5) is 0 Å². The fourth-order valence-corrected chi connectivity index (χ4v) is 0.425. The summed E-state index contributed by atoms with van der Waals surface area (Å²) in [6, 6.07) is 0. The van der Waals surface area contributed by atoms with Crippen LogP contribution in [0.5, 0.6) is 0 Å². The van der Waals surface area contributed by atoms with Crippen LogP contribution in [0.25, 0.3) is 0 Å². The summed E-state index contributed by atoms with van der Waals surface area (Å²) in [5.41, 5.74) is 0. The first-order valence-electron chi connectivity index (χ1n) is 3.29. The molecule has 0 radical (unpaired) electrons. The van der Waals surface area contributed by atoms with E-state index in [4.69, 9.17) is 9.47 Å². The summed E-state index contributed by atoms with van der Waals surface area (Å²) < 4.78 is 9.90. The van der Waals surface area contributed by atoms with Gasteiger partial charge in [0.05, 0.1) is 0 Å². The van der Waals surface area contributed by atoms with Gasteiger partial charge in [0, 0.05) is 12.0 Å². The van der Waals surface area contributed by atoms with Crippen molar-refractivity contribution < 1.29 is 14.4 Å². The molecule has 0 aliphatic carbocycles. The van der Waals surface area contributed by atoms with Gasteiger partial charge in [-0.05, 0) is 13.8 Å². The number of ether oxygens (including phenoxy) is 2. The zero-order valence-electron chi connectivity index (χ0n) is 6.99. The van der Waals surface area contributed by atoms with E-state index in [0.29, 0.717) is 0 Å². The molecular weight excluding hydrogens is 150 g/mol. The Morgan fingerprint density at radius 1 is 1.55 bits per heavy atom. The van der Waals surface area contributed by atoms with E-state index >= 15 is 0 Å². The lowest BCUT2D eigenvalue weighted by molar-refractivity contribution is -0.486. The van der Waals surface area contributed by atoms with Gasteiger partial charge in [-0.2, -0.15) is 0 Å². The Morgan fingerprint density at radius 2 is 2.09 bits per heavy atom. The number of methoxy groups -OCH3 is 1. The van der Waals surface area contributed by atoms with Crippen LogP contribution in [0.1, 0.15) is 13.8 Å². The fraction of sp³-hybridized carbons (Fsp3) is 1.00. The zero-order valence-corrected chi connectivity index (χ0v) is 6.99. The summed E-state index contributed by atoms with van der Waals surface area (Å²) in [6.45, 7) is 3.29. The Balaban J connectivity index is 3.45. The number of nitrogens with zero attached hydrogens (tertiary/aromatic N) is 1. The van der Waals surface area contributed by atoms with Crippen molar-refractivity contribution in [3.63, 3.8) is 0 Å². The van der Waals surface area contributed by atoms with Crippen LogP contribution in [0.3, 0.4) is 0 Å². The molecule has 0 saturated heterocycles. The van der Waals surface area contributed by atoms with Crippen molar-refractivity contribution in [2.75, 3.05) is 20.3 Å². The summed E-state index contributed by atoms with van der Waals surface area (Å²) >= 11 is 0. The molecular formula is C6H13NO4. The molecule has 11 heavy (non-hydrogen) atoms. The van der Waals surface area contributed by atoms with Gasteiger partial charge < -0.3 is 9.47 Å². The Morgan fingerprint density at radius 3 is 2.45 bits per heavy atom. The van der Waals surface area contributed by atoms with Crippen LogP contribution in [0.15, 0.2) is 0 Å². The average molecular weight is 163 g/mol. The third-order valence-electron chi connectivity index (χ3n) is 1.22. The standard InChI is InChI=1S/C6H13NO4/c1-6(2,10-3)11-5-4-7(8)9/h4-5H2,1-3H3. The van der Waals surface area contributed by atoms with Gasteiger partial charge in [-0.25, -0.2) is 0 Å². The monoisotopic (exact) mass is 163 g/mol. The topological polar surface area (TPSA) is 61.6 Å². The highest BCUT2D eigenvalue weighted by Gasteiger charge is 2.16. The molecule has 0 fully saturated rings. The SMILES string of the molecule is COC(C)(C)OCC[N+](=O)[O-]. The Kier molecular flexibility index (Phi) is 3.99. The summed E-state index contributed by atoms with van der Waals surface area (Å²) in [6.07, 6.45) is 0. The van der Waals surface area contributed by atoms with Gasteiger partial charge in [0.25, 0.3) is 0 Å². The van der Waals surface area contributed by atoms with Gasteiger partial charge >= 0.3 is 0 Å². The van der Waals surface area contributed by atoms with Crippen LogP contribution in [-0.4, -0.2) is 31.0 Å². The lowest BCUT2D eigenvalue weighted by Gasteiger charge is -2.21. The van der Waals surface area contributed by atoms with Gasteiger partial charge in [-0.3, -0.25) is 10.1 Å². The fourth-order valence-electron chi connectivity index (χ4n) is 0.425. The van der Waals surface area contributed by atoms with Gasteiger partial charge in [0.15, 0.2) is 5.79 Å². The molecule has 0 aromatic heterocycles. The van der Waals surface area contributed by atoms with Crippen molar-refractivity contribution >= 4 is 0 Å². The van der Waals surface area contributed by atoms with E-state index in [-0.39, 0.29) is 13.2 Å². The number of hydrogen-bond donors (Lipinski definition) is 0. The van der Waals surface area contributed by atoms with Gasteiger partial charge in [-0.1, -0.05) is 0 Å². The lowest BCUT2D eigenvalue weighted by Crippen LogP contribution is -2.29. The summed E-state index contributed by atoms with van der Waals surface area (Å²) in [4.78, 5) is 9.43. The minimum atomic E-state index is -0.726. The highest BCUT2D eigenvalue weighted by Crippen LogP contribution is 2.07.